The van der Waals surface area contributed by atoms with Crippen LogP contribution in [0.1, 0.15) is 6.92 Å². The summed E-state index contributed by atoms with van der Waals surface area (Å²) in [6.07, 6.45) is 1.21. The van der Waals surface area contributed by atoms with Crippen molar-refractivity contribution in [1.29, 1.82) is 0 Å². The maximum absolute atomic E-state index is 12.3. The standard InChI is InChI=1S/C18H21N3O4S2/c1-12-10-25-8-7-20(12)16-9-14(17-18(19-16)21(22)11-26-17)13-5-3-4-6-15(13)27(2,23)24/h3-6,9,12,22H,7-8,10-11H2,1-2H3/t12-/m1/s1. The zero-order valence-corrected chi connectivity index (χ0v) is 16.8. The molecule has 1 N–H and O–H groups in total. The first-order valence-electron chi connectivity index (χ1n) is 8.64. The lowest BCUT2D eigenvalue weighted by Gasteiger charge is -2.35. The van der Waals surface area contributed by atoms with E-state index in [0.29, 0.717) is 42.8 Å². The smallest absolute Gasteiger partial charge is 0.176 e. The molecule has 1 aromatic carbocycles. The fourth-order valence-corrected chi connectivity index (χ4v) is 5.32. The average molecular weight is 408 g/mol. The van der Waals surface area contributed by atoms with Gasteiger partial charge in [-0.25, -0.2) is 18.5 Å². The van der Waals surface area contributed by atoms with Crippen molar-refractivity contribution >= 4 is 33.2 Å². The number of fused-ring (bicyclic) bond motifs is 1. The van der Waals surface area contributed by atoms with Gasteiger partial charge in [-0.2, -0.15) is 0 Å². The van der Waals surface area contributed by atoms with E-state index in [9.17, 15) is 13.6 Å². The van der Waals surface area contributed by atoms with Gasteiger partial charge in [-0.05, 0) is 19.1 Å². The summed E-state index contributed by atoms with van der Waals surface area (Å²) >= 11 is 1.45. The second-order valence-corrected chi connectivity index (χ2v) is 9.68. The number of hydrogen-bond donors (Lipinski definition) is 1. The second kappa shape index (κ2) is 6.97. The average Bonchev–Trinajstić information content (AvgIpc) is 3.02. The van der Waals surface area contributed by atoms with E-state index in [1.165, 1.54) is 18.0 Å². The van der Waals surface area contributed by atoms with Crippen molar-refractivity contribution < 1.29 is 18.4 Å². The minimum Gasteiger partial charge on any atom is -0.377 e. The Morgan fingerprint density at radius 3 is 2.81 bits per heavy atom. The van der Waals surface area contributed by atoms with E-state index in [1.54, 1.807) is 18.2 Å². The molecule has 0 amide bonds. The molecule has 144 valence electrons. The zero-order chi connectivity index (χ0) is 19.2. The molecule has 4 rings (SSSR count). The fourth-order valence-electron chi connectivity index (χ4n) is 3.44. The Labute approximate surface area is 162 Å². The van der Waals surface area contributed by atoms with E-state index in [4.69, 9.17) is 4.74 Å². The number of benzene rings is 1. The molecule has 0 spiro atoms. The molecule has 1 atom stereocenters. The van der Waals surface area contributed by atoms with Gasteiger partial charge in [-0.1, -0.05) is 30.0 Å². The third-order valence-corrected chi connectivity index (χ3v) is 6.98. The van der Waals surface area contributed by atoms with Gasteiger partial charge in [0.25, 0.3) is 0 Å². The molecule has 1 saturated heterocycles. The Morgan fingerprint density at radius 2 is 2.07 bits per heavy atom. The molecule has 2 aliphatic rings. The van der Waals surface area contributed by atoms with Crippen LogP contribution in [0.4, 0.5) is 11.6 Å². The second-order valence-electron chi connectivity index (χ2n) is 6.74. The minimum absolute atomic E-state index is 0.142. The molecule has 2 aliphatic heterocycles. The van der Waals surface area contributed by atoms with Gasteiger partial charge >= 0.3 is 0 Å². The first-order valence-corrected chi connectivity index (χ1v) is 11.5. The van der Waals surface area contributed by atoms with Crippen LogP contribution in [-0.2, 0) is 14.6 Å². The normalized spacial score (nSPS) is 20.0. The number of hydroxylamine groups is 1. The lowest BCUT2D eigenvalue weighted by molar-refractivity contribution is 0.0985. The first kappa shape index (κ1) is 18.5. The van der Waals surface area contributed by atoms with Crippen LogP contribution in [0.5, 0.6) is 0 Å². The van der Waals surface area contributed by atoms with Crippen LogP contribution in [0.3, 0.4) is 0 Å². The van der Waals surface area contributed by atoms with Gasteiger partial charge in [-0.15, -0.1) is 0 Å². The number of nitrogens with zero attached hydrogens (tertiary/aromatic N) is 3. The molecular formula is C18H21N3O4S2. The van der Waals surface area contributed by atoms with Crippen molar-refractivity contribution in [3.8, 4) is 11.1 Å². The number of hydrogen-bond acceptors (Lipinski definition) is 8. The van der Waals surface area contributed by atoms with Gasteiger partial charge in [0.15, 0.2) is 15.7 Å². The van der Waals surface area contributed by atoms with E-state index in [-0.39, 0.29) is 10.9 Å². The fraction of sp³-hybridized carbons (Fsp3) is 0.389. The molecule has 0 unspecified atom stereocenters. The Balaban J connectivity index is 1.93. The number of anilines is 2. The highest BCUT2D eigenvalue weighted by Gasteiger charge is 2.30. The number of sulfone groups is 1. The monoisotopic (exact) mass is 407 g/mol. The Kier molecular flexibility index (Phi) is 4.79. The third-order valence-electron chi connectivity index (χ3n) is 4.76. The molecule has 27 heavy (non-hydrogen) atoms. The minimum atomic E-state index is -3.40. The summed E-state index contributed by atoms with van der Waals surface area (Å²) in [6.45, 7) is 3.96. The van der Waals surface area contributed by atoms with E-state index in [2.05, 4.69) is 16.8 Å². The molecule has 9 heteroatoms. The van der Waals surface area contributed by atoms with Gasteiger partial charge in [0.1, 0.15) is 5.82 Å². The summed E-state index contributed by atoms with van der Waals surface area (Å²) in [7, 11) is -3.40. The quantitative estimate of drug-likeness (QED) is 0.831. The van der Waals surface area contributed by atoms with Crippen molar-refractivity contribution in [2.45, 2.75) is 22.8 Å². The highest BCUT2D eigenvalue weighted by molar-refractivity contribution is 8.00. The molecule has 0 bridgehead atoms. The van der Waals surface area contributed by atoms with Gasteiger partial charge in [0, 0.05) is 23.9 Å². The topological polar surface area (TPSA) is 83.0 Å². The summed E-state index contributed by atoms with van der Waals surface area (Å²) in [6, 6.07) is 9.03. The number of thioether (sulfide) groups is 1. The maximum atomic E-state index is 12.3. The molecule has 0 aliphatic carbocycles. The van der Waals surface area contributed by atoms with E-state index in [0.717, 1.165) is 15.5 Å². The first-order chi connectivity index (χ1) is 12.9. The van der Waals surface area contributed by atoms with Crippen LogP contribution >= 0.6 is 11.8 Å². The summed E-state index contributed by atoms with van der Waals surface area (Å²) in [5.41, 5.74) is 1.40. The molecule has 7 nitrogen and oxygen atoms in total. The van der Waals surface area contributed by atoms with Gasteiger partial charge in [-0.3, -0.25) is 5.21 Å². The molecule has 2 aromatic rings. The van der Waals surface area contributed by atoms with Crippen LogP contribution in [-0.4, -0.2) is 56.5 Å². The lowest BCUT2D eigenvalue weighted by Crippen LogP contribution is -2.44. The van der Waals surface area contributed by atoms with E-state index in [1.807, 2.05) is 12.1 Å². The van der Waals surface area contributed by atoms with Crippen molar-refractivity contribution in [2.75, 3.05) is 41.9 Å². The number of morpholine rings is 1. The number of ether oxygens (including phenoxy) is 1. The molecular weight excluding hydrogens is 386 g/mol. The van der Waals surface area contributed by atoms with Crippen LogP contribution < -0.4 is 9.96 Å². The summed E-state index contributed by atoms with van der Waals surface area (Å²) in [4.78, 5) is 7.86. The van der Waals surface area contributed by atoms with Crippen molar-refractivity contribution in [3.63, 3.8) is 0 Å². The summed E-state index contributed by atoms with van der Waals surface area (Å²) < 4.78 is 30.2. The molecule has 0 radical (unpaired) electrons. The van der Waals surface area contributed by atoms with Crippen LogP contribution in [0, 0.1) is 0 Å². The third kappa shape index (κ3) is 3.40. The zero-order valence-electron chi connectivity index (χ0n) is 15.1. The highest BCUT2D eigenvalue weighted by atomic mass is 32.2. The molecule has 1 aromatic heterocycles. The van der Waals surface area contributed by atoms with Gasteiger partial charge in [0.2, 0.25) is 0 Å². The van der Waals surface area contributed by atoms with Crippen LogP contribution in [0.2, 0.25) is 0 Å². The van der Waals surface area contributed by atoms with Crippen LogP contribution in [0.15, 0.2) is 40.1 Å². The molecule has 1 fully saturated rings. The Morgan fingerprint density at radius 1 is 1.30 bits per heavy atom. The van der Waals surface area contributed by atoms with Gasteiger partial charge in [0.05, 0.1) is 34.9 Å². The summed E-state index contributed by atoms with van der Waals surface area (Å²) in [5, 5.41) is 11.4. The highest BCUT2D eigenvalue weighted by Crippen LogP contribution is 2.46. The Hall–Kier alpha value is -1.81. The number of rotatable bonds is 3. The lowest BCUT2D eigenvalue weighted by atomic mass is 10.1. The van der Waals surface area contributed by atoms with E-state index >= 15 is 0 Å². The maximum Gasteiger partial charge on any atom is 0.176 e. The predicted molar refractivity (Wildman–Crippen MR) is 105 cm³/mol. The summed E-state index contributed by atoms with van der Waals surface area (Å²) in [5.74, 6) is 1.54. The van der Waals surface area contributed by atoms with Crippen molar-refractivity contribution in [1.82, 2.24) is 4.98 Å². The number of pyridine rings is 1. The van der Waals surface area contributed by atoms with Crippen molar-refractivity contribution in [2.24, 2.45) is 0 Å². The van der Waals surface area contributed by atoms with Crippen molar-refractivity contribution in [3.05, 3.63) is 30.3 Å². The van der Waals surface area contributed by atoms with Gasteiger partial charge < -0.3 is 9.64 Å². The largest absolute Gasteiger partial charge is 0.377 e. The predicted octanol–water partition coefficient (Wildman–Crippen LogP) is 2.64. The number of aromatic nitrogens is 1. The molecule has 3 heterocycles. The SMILES string of the molecule is C[C@@H]1COCCN1c1cc(-c2ccccc2S(C)(=O)=O)c2c(n1)N(O)CS2. The van der Waals surface area contributed by atoms with Crippen LogP contribution in [0.25, 0.3) is 11.1 Å². The molecule has 0 saturated carbocycles. The van der Waals surface area contributed by atoms with E-state index < -0.39 is 9.84 Å². The Bertz CT molecular complexity index is 981.